The second kappa shape index (κ2) is 16.9. The minimum atomic E-state index is -0.799. The highest BCUT2D eigenvalue weighted by Gasteiger charge is 2.28. The molecular weight excluding hydrogens is 434 g/mol. The molecule has 8 nitrogen and oxygen atoms in total. The van der Waals surface area contributed by atoms with Gasteiger partial charge < -0.3 is 20.9 Å². The van der Waals surface area contributed by atoms with Crippen LogP contribution in [0.3, 0.4) is 0 Å². The maximum Gasteiger partial charge on any atom is 0.243 e. The first-order valence-corrected chi connectivity index (χ1v) is 12.9. The van der Waals surface area contributed by atoms with Crippen molar-refractivity contribution in [1.29, 1.82) is 0 Å². The van der Waals surface area contributed by atoms with Gasteiger partial charge in [-0.1, -0.05) is 23.3 Å². The Kier molecular flexibility index (Phi) is 14.8. The number of aromatic nitrogens is 1. The van der Waals surface area contributed by atoms with Crippen LogP contribution in [0, 0.1) is 0 Å². The molecule has 174 valence electrons. The molecule has 10 heteroatoms. The minimum Gasteiger partial charge on any atom is -0.359 e. The van der Waals surface area contributed by atoms with E-state index in [1.807, 2.05) is 25.2 Å². The second-order valence-corrected chi connectivity index (χ2v) is 9.47. The van der Waals surface area contributed by atoms with E-state index in [1.54, 1.807) is 34.8 Å². The summed E-state index contributed by atoms with van der Waals surface area (Å²) in [5.74, 6) is 0.310. The van der Waals surface area contributed by atoms with Crippen LogP contribution in [0.5, 0.6) is 0 Å². The van der Waals surface area contributed by atoms with E-state index in [0.29, 0.717) is 13.0 Å². The highest BCUT2D eigenvalue weighted by Crippen LogP contribution is 2.29. The van der Waals surface area contributed by atoms with E-state index in [2.05, 4.69) is 20.9 Å². The molecule has 3 N–H and O–H groups in total. The first-order chi connectivity index (χ1) is 15.0. The summed E-state index contributed by atoms with van der Waals surface area (Å²) in [5, 5.41) is 9.36. The number of likely N-dealkylation sites (N-methyl/N-ethyl adjacent to an activating group) is 1. The van der Waals surface area contributed by atoms with E-state index in [1.165, 1.54) is 11.9 Å². The van der Waals surface area contributed by atoms with Gasteiger partial charge in [0.1, 0.15) is 11.1 Å². The lowest BCUT2D eigenvalue weighted by Crippen LogP contribution is -2.50. The lowest BCUT2D eigenvalue weighted by Gasteiger charge is -2.27. The van der Waals surface area contributed by atoms with E-state index in [9.17, 15) is 14.4 Å². The summed E-state index contributed by atoms with van der Waals surface area (Å²) in [6, 6.07) is 5.05. The second-order valence-electron chi connectivity index (χ2n) is 7.03. The quantitative estimate of drug-likeness (QED) is 0.252. The third-order valence-corrected chi connectivity index (χ3v) is 6.98. The van der Waals surface area contributed by atoms with Crippen molar-refractivity contribution >= 4 is 39.3 Å². The molecule has 0 aliphatic heterocycles. The zero-order valence-corrected chi connectivity index (χ0v) is 20.3. The van der Waals surface area contributed by atoms with E-state index < -0.39 is 6.04 Å². The Morgan fingerprint density at radius 2 is 1.90 bits per heavy atom. The van der Waals surface area contributed by atoms with Crippen molar-refractivity contribution in [3.8, 4) is 0 Å². The van der Waals surface area contributed by atoms with E-state index in [-0.39, 0.29) is 24.1 Å². The molecule has 0 radical (unpaired) electrons. The average molecular weight is 470 g/mol. The first-order valence-electron chi connectivity index (χ1n) is 10.6. The standard InChI is InChI=1S/C21H35N5O3S2/c1-22-12-9-14-25-21(29)17(16-18(27)23-2)26(3)20(28)11-5-4-8-15-30-31-19-10-6-7-13-24-19/h6-7,10,13,17,22H,4-5,8-9,11-12,14-16H2,1-3H3,(H,23,27)(H,25,29)/t17-/m0/s1. The van der Waals surface area contributed by atoms with Crippen molar-refractivity contribution in [3.63, 3.8) is 0 Å². The zero-order valence-electron chi connectivity index (χ0n) is 18.7. The van der Waals surface area contributed by atoms with Gasteiger partial charge in [0, 0.05) is 39.0 Å². The Morgan fingerprint density at radius 1 is 1.10 bits per heavy atom. The lowest BCUT2D eigenvalue weighted by atomic mass is 10.1. The van der Waals surface area contributed by atoms with Crippen molar-refractivity contribution < 1.29 is 14.4 Å². The number of unbranched alkanes of at least 4 members (excludes halogenated alkanes) is 2. The topological polar surface area (TPSA) is 103 Å². The fraction of sp³-hybridized carbons (Fsp3) is 0.619. The molecule has 0 fully saturated rings. The summed E-state index contributed by atoms with van der Waals surface area (Å²) in [6.07, 6.45) is 5.59. The fourth-order valence-corrected chi connectivity index (χ4v) is 4.77. The Morgan fingerprint density at radius 3 is 2.58 bits per heavy atom. The van der Waals surface area contributed by atoms with E-state index in [4.69, 9.17) is 0 Å². The van der Waals surface area contributed by atoms with E-state index >= 15 is 0 Å². The van der Waals surface area contributed by atoms with Gasteiger partial charge in [0.25, 0.3) is 0 Å². The lowest BCUT2D eigenvalue weighted by molar-refractivity contribution is -0.141. The van der Waals surface area contributed by atoms with Crippen molar-refractivity contribution in [2.45, 2.75) is 49.6 Å². The number of hydrogen-bond donors (Lipinski definition) is 3. The SMILES string of the molecule is CNCCCNC(=O)[C@H](CC(=O)NC)N(C)C(=O)CCCCCSSc1ccccn1. The number of nitrogens with one attached hydrogen (secondary N) is 3. The van der Waals surface area contributed by atoms with Crippen LogP contribution in [0.25, 0.3) is 0 Å². The average Bonchev–Trinajstić information content (AvgIpc) is 2.79. The summed E-state index contributed by atoms with van der Waals surface area (Å²) < 4.78 is 0. The zero-order chi connectivity index (χ0) is 22.9. The Hall–Kier alpha value is -1.78. The molecule has 31 heavy (non-hydrogen) atoms. The largest absolute Gasteiger partial charge is 0.359 e. The van der Waals surface area contributed by atoms with Crippen LogP contribution in [0.2, 0.25) is 0 Å². The Balaban J connectivity index is 2.35. The summed E-state index contributed by atoms with van der Waals surface area (Å²) in [5.41, 5.74) is 0. The number of nitrogens with zero attached hydrogens (tertiary/aromatic N) is 2. The van der Waals surface area contributed by atoms with Crippen LogP contribution in [-0.4, -0.2) is 73.6 Å². The first kappa shape index (κ1) is 27.3. The molecule has 0 saturated carbocycles. The van der Waals surface area contributed by atoms with Gasteiger partial charge in [-0.05, 0) is 55.8 Å². The summed E-state index contributed by atoms with van der Waals surface area (Å²) in [7, 11) is 8.39. The molecule has 1 atom stereocenters. The third-order valence-electron chi connectivity index (χ3n) is 4.62. The number of amides is 3. The Labute approximate surface area is 193 Å². The maximum absolute atomic E-state index is 12.6. The summed E-state index contributed by atoms with van der Waals surface area (Å²) in [6.45, 7) is 1.29. The molecular formula is C21H35N5O3S2. The van der Waals surface area contributed by atoms with E-state index in [0.717, 1.165) is 43.0 Å². The highest BCUT2D eigenvalue weighted by atomic mass is 33.1. The van der Waals surface area contributed by atoms with Crippen LogP contribution < -0.4 is 16.0 Å². The molecule has 0 bridgehead atoms. The highest BCUT2D eigenvalue weighted by molar-refractivity contribution is 8.76. The molecule has 1 aromatic rings. The molecule has 0 aromatic carbocycles. The van der Waals surface area contributed by atoms with Gasteiger partial charge in [-0.15, -0.1) is 0 Å². The molecule has 1 heterocycles. The smallest absolute Gasteiger partial charge is 0.243 e. The number of carbonyl (C=O) groups excluding carboxylic acids is 3. The van der Waals surface area contributed by atoms with Gasteiger partial charge in [0.05, 0.1) is 6.42 Å². The number of pyridine rings is 1. The fourth-order valence-electron chi connectivity index (χ4n) is 2.74. The van der Waals surface area contributed by atoms with Crippen LogP contribution in [0.1, 0.15) is 38.5 Å². The maximum atomic E-state index is 12.6. The minimum absolute atomic E-state index is 0.0437. The van der Waals surface area contributed by atoms with Gasteiger partial charge >= 0.3 is 0 Å². The summed E-state index contributed by atoms with van der Waals surface area (Å²) in [4.78, 5) is 42.7. The molecule has 1 aromatic heterocycles. The molecule has 0 aliphatic rings. The monoisotopic (exact) mass is 469 g/mol. The van der Waals surface area contributed by atoms with Crippen LogP contribution in [-0.2, 0) is 14.4 Å². The predicted molar refractivity (Wildman–Crippen MR) is 128 cm³/mol. The molecule has 3 amide bonds. The van der Waals surface area contributed by atoms with Crippen molar-refractivity contribution in [1.82, 2.24) is 25.8 Å². The van der Waals surface area contributed by atoms with Gasteiger partial charge in [0.15, 0.2) is 0 Å². The van der Waals surface area contributed by atoms with Gasteiger partial charge in [-0.25, -0.2) is 4.98 Å². The van der Waals surface area contributed by atoms with Crippen molar-refractivity contribution in [2.24, 2.45) is 0 Å². The third kappa shape index (κ3) is 12.0. The van der Waals surface area contributed by atoms with Gasteiger partial charge in [-0.2, -0.15) is 0 Å². The number of rotatable bonds is 16. The number of hydrogen-bond acceptors (Lipinski definition) is 7. The molecule has 0 spiro atoms. The molecule has 1 rings (SSSR count). The van der Waals surface area contributed by atoms with Crippen LogP contribution >= 0.6 is 21.6 Å². The molecule has 0 saturated heterocycles. The molecule has 0 unspecified atom stereocenters. The van der Waals surface area contributed by atoms with Crippen molar-refractivity contribution in [2.75, 3.05) is 40.0 Å². The van der Waals surface area contributed by atoms with Crippen LogP contribution in [0.15, 0.2) is 29.4 Å². The molecule has 0 aliphatic carbocycles. The summed E-state index contributed by atoms with van der Waals surface area (Å²) >= 11 is 0. The number of carbonyl (C=O) groups is 3. The van der Waals surface area contributed by atoms with Gasteiger partial charge in [-0.3, -0.25) is 14.4 Å². The van der Waals surface area contributed by atoms with Crippen molar-refractivity contribution in [3.05, 3.63) is 24.4 Å². The normalized spacial score (nSPS) is 11.6. The Bertz CT molecular complexity index is 664. The predicted octanol–water partition coefficient (Wildman–Crippen LogP) is 2.07. The van der Waals surface area contributed by atoms with Gasteiger partial charge in [0.2, 0.25) is 17.7 Å². The van der Waals surface area contributed by atoms with Crippen LogP contribution in [0.4, 0.5) is 0 Å².